The quantitative estimate of drug-likeness (QED) is 0.206. The Morgan fingerprint density at radius 2 is 1.78 bits per heavy atom. The highest BCUT2D eigenvalue weighted by molar-refractivity contribution is 7.23. The minimum absolute atomic E-state index is 0.00121. The molecule has 9 rings (SSSR count). The second-order valence-corrected chi connectivity index (χ2v) is 19.9. The van der Waals surface area contributed by atoms with Gasteiger partial charge in [-0.25, -0.2) is 14.0 Å². The van der Waals surface area contributed by atoms with Gasteiger partial charge >= 0.3 is 18.2 Å². The second kappa shape index (κ2) is 14.2. The Hall–Kier alpha value is -4.65. The van der Waals surface area contributed by atoms with Gasteiger partial charge in [-0.15, -0.1) is 11.3 Å². The largest absolute Gasteiger partial charge is 0.489 e. The van der Waals surface area contributed by atoms with Gasteiger partial charge in [0.1, 0.15) is 46.8 Å². The first-order chi connectivity index (χ1) is 28.0. The highest BCUT2D eigenvalue weighted by Crippen LogP contribution is 2.53. The molecule has 0 radical (unpaired) electrons. The SMILES string of the molecule is Cc1ccc2sc(NC(=O)OC(C)(C)C)c(C#N)c2c1-c1c(Cl)c2c3c(nc(OCC45CCCN4CCC5)nc3c1F)N1C[C@H]3CC[C@@H]([C@H]1CO2)N3C(=O)OC(C)(C)C. The van der Waals surface area contributed by atoms with Crippen LogP contribution in [-0.2, 0) is 9.47 Å². The van der Waals surface area contributed by atoms with E-state index in [1.54, 1.807) is 20.8 Å². The van der Waals surface area contributed by atoms with Crippen LogP contribution in [0.2, 0.25) is 5.02 Å². The number of thiophene rings is 1. The molecule has 0 aliphatic carbocycles. The molecule has 0 saturated carbocycles. The molecule has 312 valence electrons. The van der Waals surface area contributed by atoms with Crippen molar-refractivity contribution >= 4 is 66.9 Å². The zero-order valence-electron chi connectivity index (χ0n) is 34.5. The van der Waals surface area contributed by atoms with E-state index in [2.05, 4.69) is 21.2 Å². The summed E-state index contributed by atoms with van der Waals surface area (Å²) in [5, 5.41) is 14.3. The number of fused-ring (bicyclic) bond motifs is 7. The number of benzene rings is 2. The van der Waals surface area contributed by atoms with Crippen LogP contribution in [0, 0.1) is 24.1 Å². The molecule has 4 fully saturated rings. The molecule has 13 nitrogen and oxygen atoms in total. The molecule has 4 aromatic rings. The molecule has 3 atom stereocenters. The molecule has 16 heteroatoms. The number of carbonyl (C=O) groups is 2. The summed E-state index contributed by atoms with van der Waals surface area (Å²) in [6, 6.07) is 5.17. The molecule has 59 heavy (non-hydrogen) atoms. The summed E-state index contributed by atoms with van der Waals surface area (Å²) in [6.07, 6.45) is 4.59. The number of carbonyl (C=O) groups excluding carboxylic acids is 2. The molecule has 2 aromatic carbocycles. The van der Waals surface area contributed by atoms with E-state index in [0.29, 0.717) is 45.6 Å². The number of amides is 2. The number of rotatable bonds is 5. The fourth-order valence-electron chi connectivity index (χ4n) is 9.98. The molecule has 2 amide bonds. The van der Waals surface area contributed by atoms with Crippen LogP contribution in [0.4, 0.5) is 24.8 Å². The number of anilines is 2. The van der Waals surface area contributed by atoms with Crippen molar-refractivity contribution in [2.45, 2.75) is 122 Å². The van der Waals surface area contributed by atoms with Crippen molar-refractivity contribution in [2.24, 2.45) is 0 Å². The van der Waals surface area contributed by atoms with Gasteiger partial charge in [0.25, 0.3) is 0 Å². The number of hydrogen-bond acceptors (Lipinski definition) is 12. The number of halogens is 2. The zero-order valence-corrected chi connectivity index (χ0v) is 36.0. The van der Waals surface area contributed by atoms with Crippen LogP contribution in [0.15, 0.2) is 12.1 Å². The van der Waals surface area contributed by atoms with Gasteiger partial charge in [0.05, 0.1) is 39.6 Å². The topological polar surface area (TPSA) is 142 Å². The molecular formula is C43H49ClFN7O6S. The van der Waals surface area contributed by atoms with Crippen molar-refractivity contribution in [3.63, 3.8) is 0 Å². The maximum Gasteiger partial charge on any atom is 0.412 e. The van der Waals surface area contributed by atoms with Gasteiger partial charge in [-0.1, -0.05) is 17.7 Å². The van der Waals surface area contributed by atoms with Crippen LogP contribution in [0.3, 0.4) is 0 Å². The number of piperazine rings is 1. The summed E-state index contributed by atoms with van der Waals surface area (Å²) in [7, 11) is 0. The Morgan fingerprint density at radius 3 is 2.47 bits per heavy atom. The lowest BCUT2D eigenvalue weighted by Crippen LogP contribution is -2.63. The predicted molar refractivity (Wildman–Crippen MR) is 224 cm³/mol. The third kappa shape index (κ3) is 6.75. The molecule has 5 aliphatic heterocycles. The normalized spacial score (nSPS) is 22.1. The highest BCUT2D eigenvalue weighted by atomic mass is 35.5. The van der Waals surface area contributed by atoms with E-state index in [4.69, 9.17) is 40.5 Å². The molecule has 2 aromatic heterocycles. The van der Waals surface area contributed by atoms with Gasteiger partial charge in [-0.3, -0.25) is 15.1 Å². The first-order valence-electron chi connectivity index (χ1n) is 20.4. The Labute approximate surface area is 351 Å². The van der Waals surface area contributed by atoms with Gasteiger partial charge in [0.15, 0.2) is 11.6 Å². The minimum atomic E-state index is -0.769. The van der Waals surface area contributed by atoms with Crippen LogP contribution in [0.25, 0.3) is 32.1 Å². The molecule has 7 heterocycles. The number of nitrogens with one attached hydrogen (secondary N) is 1. The number of aromatic nitrogens is 2. The van der Waals surface area contributed by atoms with E-state index in [1.165, 1.54) is 11.3 Å². The first kappa shape index (κ1) is 39.8. The van der Waals surface area contributed by atoms with Crippen molar-refractivity contribution in [2.75, 3.05) is 43.1 Å². The zero-order chi connectivity index (χ0) is 41.8. The summed E-state index contributed by atoms with van der Waals surface area (Å²) in [5.74, 6) is -0.0642. The van der Waals surface area contributed by atoms with Crippen molar-refractivity contribution in [1.29, 1.82) is 5.26 Å². The van der Waals surface area contributed by atoms with Gasteiger partial charge in [0.2, 0.25) is 0 Å². The van der Waals surface area contributed by atoms with E-state index in [1.807, 2.05) is 44.7 Å². The number of nitriles is 1. The van der Waals surface area contributed by atoms with Crippen LogP contribution in [-0.4, -0.2) is 99.7 Å². The highest BCUT2D eigenvalue weighted by Gasteiger charge is 2.52. The summed E-state index contributed by atoms with van der Waals surface area (Å²) in [5.41, 5.74) is -0.395. The maximum atomic E-state index is 17.9. The molecule has 0 spiro atoms. The molecule has 0 unspecified atom stereocenters. The molecule has 4 saturated heterocycles. The van der Waals surface area contributed by atoms with E-state index in [9.17, 15) is 14.9 Å². The monoisotopic (exact) mass is 845 g/mol. The maximum absolute atomic E-state index is 17.9. The smallest absolute Gasteiger partial charge is 0.412 e. The average molecular weight is 846 g/mol. The number of aryl methyl sites for hydroxylation is 1. The van der Waals surface area contributed by atoms with E-state index >= 15 is 4.39 Å². The Balaban J connectivity index is 1.21. The van der Waals surface area contributed by atoms with Crippen LogP contribution >= 0.6 is 22.9 Å². The molecule has 5 aliphatic rings. The lowest BCUT2D eigenvalue weighted by atomic mass is 9.93. The van der Waals surface area contributed by atoms with E-state index < -0.39 is 23.1 Å². The van der Waals surface area contributed by atoms with Crippen molar-refractivity contribution in [3.05, 3.63) is 34.1 Å². The fourth-order valence-corrected chi connectivity index (χ4v) is 11.4. The minimum Gasteiger partial charge on any atom is -0.489 e. The van der Waals surface area contributed by atoms with Crippen LogP contribution < -0.4 is 19.7 Å². The molecule has 1 N–H and O–H groups in total. The van der Waals surface area contributed by atoms with Crippen molar-refractivity contribution in [3.8, 4) is 29.0 Å². The van der Waals surface area contributed by atoms with Crippen LogP contribution in [0.1, 0.15) is 91.2 Å². The lowest BCUT2D eigenvalue weighted by molar-refractivity contribution is 0.00543. The first-order valence-corrected chi connectivity index (χ1v) is 21.6. The Bertz CT molecular complexity index is 2450. The van der Waals surface area contributed by atoms with Gasteiger partial charge in [-0.05, 0) is 117 Å². The van der Waals surface area contributed by atoms with Gasteiger partial charge < -0.3 is 23.8 Å². The van der Waals surface area contributed by atoms with E-state index in [-0.39, 0.29) is 74.8 Å². The number of ether oxygens (including phenoxy) is 4. The second-order valence-electron chi connectivity index (χ2n) is 18.5. The summed E-state index contributed by atoms with van der Waals surface area (Å²) >= 11 is 8.57. The number of hydrogen-bond donors (Lipinski definition) is 1. The molecular weight excluding hydrogens is 797 g/mol. The Kier molecular flexibility index (Phi) is 9.60. The summed E-state index contributed by atoms with van der Waals surface area (Å²) < 4.78 is 43.2. The van der Waals surface area contributed by atoms with Crippen molar-refractivity contribution < 1.29 is 32.9 Å². The summed E-state index contributed by atoms with van der Waals surface area (Å²) in [6.45, 7) is 15.6. The van der Waals surface area contributed by atoms with Gasteiger partial charge in [0, 0.05) is 22.2 Å². The predicted octanol–water partition coefficient (Wildman–Crippen LogP) is 9.19. The standard InChI is InChI=1S/C43H49ClFN7O6S/c1-22-10-13-27-29(24(18-46)37(59-27)49-39(53)57-41(2,3)4)28(22)30-32(44)35-31-34(33(30)45)47-38(56-21-43-14-8-16-50(43)17-9-15-43)48-36(31)51-19-23-11-12-25(26(51)20-55-35)52(23)40(54)58-42(5,6)7/h10,13,23,25-26H,8-9,11-12,14-17,19-21H2,1-7H3,(H,49,53)/t23-,25+,26-/m1/s1. The summed E-state index contributed by atoms with van der Waals surface area (Å²) in [4.78, 5) is 42.9. The number of nitrogens with zero attached hydrogens (tertiary/aromatic N) is 6. The Morgan fingerprint density at radius 1 is 1.05 bits per heavy atom. The van der Waals surface area contributed by atoms with Crippen LogP contribution in [0.5, 0.6) is 11.8 Å². The average Bonchev–Trinajstić information content (AvgIpc) is 3.88. The van der Waals surface area contributed by atoms with Crippen molar-refractivity contribution in [1.82, 2.24) is 19.8 Å². The third-order valence-corrected chi connectivity index (χ3v) is 13.8. The van der Waals surface area contributed by atoms with Gasteiger partial charge in [-0.2, -0.15) is 15.2 Å². The lowest BCUT2D eigenvalue weighted by Gasteiger charge is -2.46. The fraction of sp³-hybridized carbons (Fsp3) is 0.558. The van der Waals surface area contributed by atoms with E-state index in [0.717, 1.165) is 51.6 Å². The molecule has 2 bridgehead atoms. The third-order valence-electron chi connectivity index (χ3n) is 12.3.